The van der Waals surface area contributed by atoms with E-state index < -0.39 is 29.5 Å². The van der Waals surface area contributed by atoms with E-state index in [0.29, 0.717) is 37.7 Å². The number of benzene rings is 1. The maximum Gasteiger partial charge on any atom is 0.302 e. The number of methoxy groups -OCH3 is 1. The zero-order chi connectivity index (χ0) is 44.9. The lowest BCUT2D eigenvalue weighted by Crippen LogP contribution is -2.60. The van der Waals surface area contributed by atoms with Crippen LogP contribution in [0.25, 0.3) is 33.4 Å². The molecule has 1 aromatic carbocycles. The highest BCUT2D eigenvalue weighted by atomic mass is 32.1. The number of thiazole rings is 1. The van der Waals surface area contributed by atoms with Crippen LogP contribution in [0.15, 0.2) is 41.9 Å². The number of amides is 3. The Morgan fingerprint density at radius 3 is 2.56 bits per heavy atom. The van der Waals surface area contributed by atoms with Crippen molar-refractivity contribution in [1.82, 2.24) is 35.2 Å². The fraction of sp³-hybridized carbons (Fsp3) is 0.574. The smallest absolute Gasteiger partial charge is 0.302 e. The van der Waals surface area contributed by atoms with Gasteiger partial charge in [0.15, 0.2) is 0 Å². The minimum absolute atomic E-state index is 0.0539. The highest BCUT2D eigenvalue weighted by molar-refractivity contribution is 7.10. The van der Waals surface area contributed by atoms with Gasteiger partial charge in [-0.2, -0.15) is 0 Å². The predicted octanol–water partition coefficient (Wildman–Crippen LogP) is 6.75. The Bertz CT molecular complexity index is 2230. The highest BCUT2D eigenvalue weighted by Gasteiger charge is 2.40. The molecule has 15 heteroatoms. The quantitative estimate of drug-likeness (QED) is 0.109. The fourth-order valence-electron chi connectivity index (χ4n) is 8.79. The van der Waals surface area contributed by atoms with Crippen LogP contribution in [0.4, 0.5) is 0 Å². The molecular formula is C47H65N7O7S. The van der Waals surface area contributed by atoms with Crippen LogP contribution in [0.5, 0.6) is 0 Å². The third kappa shape index (κ3) is 10.4. The molecule has 2 fully saturated rings. The van der Waals surface area contributed by atoms with Gasteiger partial charge in [0.1, 0.15) is 18.2 Å². The van der Waals surface area contributed by atoms with Crippen LogP contribution in [-0.4, -0.2) is 107 Å². The minimum Gasteiger partial charge on any atom is -0.465 e. The number of aromatic nitrogens is 3. The second-order valence-electron chi connectivity index (χ2n) is 17.9. The number of carbonyl (C=O) groups excluding carboxylic acids is 4. The molecule has 62 heavy (non-hydrogen) atoms. The van der Waals surface area contributed by atoms with Crippen molar-refractivity contribution in [2.45, 2.75) is 118 Å². The highest BCUT2D eigenvalue weighted by Crippen LogP contribution is 2.42. The Labute approximate surface area is 370 Å². The molecule has 5 atom stereocenters. The molecule has 5 heterocycles. The molecule has 0 bridgehead atoms. The lowest BCUT2D eigenvalue weighted by Gasteiger charge is -2.35. The number of hydrazine groups is 1. The average Bonchev–Trinajstić information content (AvgIpc) is 3.99. The summed E-state index contributed by atoms with van der Waals surface area (Å²) < 4.78 is 19.4. The van der Waals surface area contributed by atoms with Crippen molar-refractivity contribution >= 4 is 45.9 Å². The van der Waals surface area contributed by atoms with Crippen molar-refractivity contribution < 1.29 is 33.4 Å². The molecule has 3 aromatic heterocycles. The summed E-state index contributed by atoms with van der Waals surface area (Å²) in [6.45, 7) is 18.2. The van der Waals surface area contributed by atoms with Crippen LogP contribution in [0.1, 0.15) is 97.0 Å². The Kier molecular flexibility index (Phi) is 15.3. The van der Waals surface area contributed by atoms with Crippen LogP contribution in [0.2, 0.25) is 0 Å². The van der Waals surface area contributed by atoms with Gasteiger partial charge in [-0.05, 0) is 81.2 Å². The molecule has 0 unspecified atom stereocenters. The largest absolute Gasteiger partial charge is 0.465 e. The molecule has 336 valence electrons. The number of aryl methyl sites for hydroxylation is 1. The number of esters is 1. The van der Waals surface area contributed by atoms with Crippen molar-refractivity contribution in [2.24, 2.45) is 17.3 Å². The van der Waals surface area contributed by atoms with Gasteiger partial charge in [0, 0.05) is 92.8 Å². The van der Waals surface area contributed by atoms with Crippen molar-refractivity contribution in [1.29, 1.82) is 0 Å². The molecule has 4 aromatic rings. The molecular weight excluding hydrogens is 807 g/mol. The van der Waals surface area contributed by atoms with E-state index in [1.165, 1.54) is 23.2 Å². The summed E-state index contributed by atoms with van der Waals surface area (Å²) >= 11 is 1.44. The Hall–Kier alpha value is -4.70. The van der Waals surface area contributed by atoms with Crippen LogP contribution in [0, 0.1) is 17.3 Å². The second-order valence-corrected chi connectivity index (χ2v) is 18.9. The third-order valence-electron chi connectivity index (χ3n) is 12.2. The van der Waals surface area contributed by atoms with Gasteiger partial charge in [-0.3, -0.25) is 29.2 Å². The van der Waals surface area contributed by atoms with Crippen molar-refractivity contribution in [3.05, 3.63) is 58.2 Å². The second kappa shape index (κ2) is 20.2. The molecule has 0 aliphatic carbocycles. The number of nitrogens with one attached hydrogen (secondary N) is 2. The summed E-state index contributed by atoms with van der Waals surface area (Å²) in [4.78, 5) is 65.3. The molecule has 0 radical (unpaired) electrons. The lowest BCUT2D eigenvalue weighted by atomic mass is 9.84. The summed E-state index contributed by atoms with van der Waals surface area (Å²) in [6.07, 6.45) is 4.32. The lowest BCUT2D eigenvalue weighted by molar-refractivity contribution is -0.150. The topological polar surface area (TPSA) is 157 Å². The normalized spacial score (nSPS) is 18.5. The van der Waals surface area contributed by atoms with Crippen molar-refractivity contribution in [3.63, 3.8) is 0 Å². The summed E-state index contributed by atoms with van der Waals surface area (Å²) in [5.41, 5.74) is 9.48. The molecule has 0 spiro atoms. The number of pyridine rings is 1. The summed E-state index contributed by atoms with van der Waals surface area (Å²) in [7, 11) is 3.33. The van der Waals surface area contributed by atoms with E-state index in [-0.39, 0.29) is 48.8 Å². The van der Waals surface area contributed by atoms with E-state index in [1.54, 1.807) is 25.4 Å². The molecule has 2 saturated heterocycles. The Balaban J connectivity index is 1.36. The zero-order valence-corrected chi connectivity index (χ0v) is 38.9. The monoisotopic (exact) mass is 871 g/mol. The number of nitrogens with zero attached hydrogens (tertiary/aromatic N) is 5. The van der Waals surface area contributed by atoms with E-state index in [0.717, 1.165) is 63.9 Å². The van der Waals surface area contributed by atoms with Crippen LogP contribution < -0.4 is 10.7 Å². The SMILES string of the molecule is CCn1c(-c2cccnc2[C@H](C)OC)c(CC(C)(C)COC(C)=O)c2cc(-c3csc(C[C@H](NC(=O)[C@H](C(C)C)N(C)C(=O)[C@@H]4OCC[C@@H]4C)C(=O)N4CCCCN4)n3)ccc21. The van der Waals surface area contributed by atoms with E-state index >= 15 is 0 Å². The maximum absolute atomic E-state index is 14.2. The minimum atomic E-state index is -0.920. The molecule has 2 N–H and O–H groups in total. The van der Waals surface area contributed by atoms with Gasteiger partial charge in [-0.15, -0.1) is 11.3 Å². The summed E-state index contributed by atoms with van der Waals surface area (Å²) in [5, 5.41) is 8.40. The van der Waals surface area contributed by atoms with Crippen molar-refractivity contribution in [3.8, 4) is 22.5 Å². The van der Waals surface area contributed by atoms with Gasteiger partial charge >= 0.3 is 5.97 Å². The van der Waals surface area contributed by atoms with E-state index in [2.05, 4.69) is 60.3 Å². The number of hydrogen-bond donors (Lipinski definition) is 2. The molecule has 2 aliphatic heterocycles. The van der Waals surface area contributed by atoms with Gasteiger partial charge in [0.2, 0.25) is 5.91 Å². The predicted molar refractivity (Wildman–Crippen MR) is 241 cm³/mol. The van der Waals surface area contributed by atoms with E-state index in [9.17, 15) is 19.2 Å². The number of carbonyl (C=O) groups is 4. The first-order chi connectivity index (χ1) is 29.5. The molecule has 0 saturated carbocycles. The number of rotatable bonds is 17. The summed E-state index contributed by atoms with van der Waals surface area (Å²) in [5.74, 6) is -1.35. The summed E-state index contributed by atoms with van der Waals surface area (Å²) in [6, 6.07) is 8.69. The third-order valence-corrected chi connectivity index (χ3v) is 13.0. The molecule has 3 amide bonds. The van der Waals surface area contributed by atoms with Gasteiger partial charge in [-0.25, -0.2) is 10.4 Å². The molecule has 2 aliphatic rings. The Morgan fingerprint density at radius 1 is 1.15 bits per heavy atom. The van der Waals surface area contributed by atoms with Gasteiger partial charge in [-0.1, -0.05) is 40.7 Å². The maximum atomic E-state index is 14.2. The van der Waals surface area contributed by atoms with Crippen LogP contribution in [0.3, 0.4) is 0 Å². The van der Waals surface area contributed by atoms with Gasteiger partial charge < -0.3 is 29.0 Å². The standard InChI is InChI=1S/C47H65N7O7S/c1-11-53-38-17-16-32(23-34(38)35(25-47(7,8)27-61-31(6)55)42(53)33-15-14-19-48-40(33)30(5)59-10)37-26-62-39(50-37)24-36(45(57)54-21-13-12-20-49-54)51-44(56)41(28(2)3)52(9)46(58)43-29(4)18-22-60-43/h14-17,19,23,26,28-30,36,41,43,49H,11-13,18,20-22,24-25,27H2,1-10H3,(H,51,56)/t29-,30-,36-,41-,43+/m0/s1. The first-order valence-corrected chi connectivity index (χ1v) is 22.9. The zero-order valence-electron chi connectivity index (χ0n) is 38.1. The number of ether oxygens (including phenoxy) is 3. The van der Waals surface area contributed by atoms with E-state index in [1.807, 2.05) is 39.1 Å². The number of hydrogen-bond acceptors (Lipinski definition) is 11. The first kappa shape index (κ1) is 46.8. The van der Waals surface area contributed by atoms with Crippen molar-refractivity contribution in [2.75, 3.05) is 40.5 Å². The van der Waals surface area contributed by atoms with Gasteiger partial charge in [0.05, 0.1) is 34.8 Å². The number of likely N-dealkylation sites (N-methyl/N-ethyl adjacent to an activating group) is 1. The molecule has 14 nitrogen and oxygen atoms in total. The first-order valence-electron chi connectivity index (χ1n) is 22.0. The van der Waals surface area contributed by atoms with Gasteiger partial charge in [0.25, 0.3) is 11.8 Å². The average molecular weight is 872 g/mol. The fourth-order valence-corrected chi connectivity index (χ4v) is 9.64. The van der Waals surface area contributed by atoms with Crippen LogP contribution >= 0.6 is 11.3 Å². The molecule has 6 rings (SSSR count). The Morgan fingerprint density at radius 2 is 1.92 bits per heavy atom. The van der Waals surface area contributed by atoms with E-state index in [4.69, 9.17) is 24.2 Å². The van der Waals surface area contributed by atoms with Crippen LogP contribution in [-0.2, 0) is 52.8 Å². The number of fused-ring (bicyclic) bond motifs is 1.